The molecule has 0 spiro atoms. The number of rotatable bonds is 3. The maximum Gasteiger partial charge on any atom is 0.168 e. The molecule has 0 aliphatic heterocycles. The van der Waals surface area contributed by atoms with E-state index in [2.05, 4.69) is 0 Å². The van der Waals surface area contributed by atoms with E-state index in [0.717, 1.165) is 0 Å². The summed E-state index contributed by atoms with van der Waals surface area (Å²) in [5.41, 5.74) is 0. The zero-order valence-corrected chi connectivity index (χ0v) is 7.85. The van der Waals surface area contributed by atoms with Gasteiger partial charge in [0, 0.05) is 0 Å². The van der Waals surface area contributed by atoms with Gasteiger partial charge in [0.15, 0.2) is 9.84 Å². The molecule has 0 aromatic carbocycles. The average Bonchev–Trinajstić information content (AvgIpc) is 1.89. The van der Waals surface area contributed by atoms with Crippen molar-refractivity contribution in [3.8, 4) is 6.07 Å². The largest absolute Gasteiger partial charge is 0.227 e. The highest BCUT2D eigenvalue weighted by atomic mass is 32.2. The number of nitrogens with zero attached hydrogens (tertiary/aromatic N) is 1. The van der Waals surface area contributed by atoms with Crippen LogP contribution in [0.5, 0.6) is 0 Å². The van der Waals surface area contributed by atoms with E-state index in [1.807, 2.05) is 0 Å². The minimum atomic E-state index is -3.20. The normalized spacial score (nSPS) is 14.5. The Morgan fingerprint density at radius 3 is 2.00 bits per heavy atom. The Morgan fingerprint density at radius 1 is 1.45 bits per heavy atom. The predicted molar refractivity (Wildman–Crippen MR) is 43.7 cm³/mol. The second-order valence-corrected chi connectivity index (χ2v) is 5.35. The van der Waals surface area contributed by atoms with E-state index in [9.17, 15) is 8.42 Å². The van der Waals surface area contributed by atoms with Gasteiger partial charge in [-0.3, -0.25) is 0 Å². The van der Waals surface area contributed by atoms with Crippen LogP contribution in [0, 0.1) is 11.3 Å². The monoisotopic (exact) mass is 175 g/mol. The SMILES string of the molecule is CCC(C#N)S(=O)(=O)C(C)C. The highest BCUT2D eigenvalue weighted by Gasteiger charge is 2.26. The van der Waals surface area contributed by atoms with Crippen molar-refractivity contribution in [2.45, 2.75) is 37.7 Å². The lowest BCUT2D eigenvalue weighted by Gasteiger charge is -2.10. The van der Waals surface area contributed by atoms with Crippen molar-refractivity contribution in [2.75, 3.05) is 0 Å². The number of hydrogen-bond donors (Lipinski definition) is 0. The molecular formula is C7H13NO2S. The Hall–Kier alpha value is -0.560. The Morgan fingerprint density at radius 2 is 1.91 bits per heavy atom. The predicted octanol–water partition coefficient (Wildman–Crippen LogP) is 1.11. The molecule has 0 N–H and O–H groups in total. The molecule has 0 aliphatic carbocycles. The molecule has 0 aromatic rings. The lowest BCUT2D eigenvalue weighted by Crippen LogP contribution is -2.26. The zero-order valence-electron chi connectivity index (χ0n) is 7.03. The molecule has 3 nitrogen and oxygen atoms in total. The highest BCUT2D eigenvalue weighted by Crippen LogP contribution is 2.11. The van der Waals surface area contributed by atoms with E-state index in [1.54, 1.807) is 26.8 Å². The third-order valence-corrected chi connectivity index (χ3v) is 4.11. The van der Waals surface area contributed by atoms with Gasteiger partial charge in [0.2, 0.25) is 0 Å². The van der Waals surface area contributed by atoms with Crippen LogP contribution in [0.1, 0.15) is 27.2 Å². The van der Waals surface area contributed by atoms with Crippen molar-refractivity contribution in [2.24, 2.45) is 0 Å². The molecule has 1 atom stereocenters. The van der Waals surface area contributed by atoms with Crippen LogP contribution in [0.15, 0.2) is 0 Å². The Kier molecular flexibility index (Phi) is 3.53. The van der Waals surface area contributed by atoms with Crippen molar-refractivity contribution in [1.82, 2.24) is 0 Å². The molecule has 64 valence electrons. The molecule has 0 heterocycles. The van der Waals surface area contributed by atoms with Crippen LogP contribution in [-0.4, -0.2) is 18.9 Å². The second kappa shape index (κ2) is 3.72. The van der Waals surface area contributed by atoms with Crippen molar-refractivity contribution >= 4 is 9.84 Å². The van der Waals surface area contributed by atoms with Crippen molar-refractivity contribution in [1.29, 1.82) is 5.26 Å². The molecule has 4 heteroatoms. The highest BCUT2D eigenvalue weighted by molar-refractivity contribution is 7.92. The van der Waals surface area contributed by atoms with Gasteiger partial charge in [-0.2, -0.15) is 5.26 Å². The van der Waals surface area contributed by atoms with E-state index in [-0.39, 0.29) is 0 Å². The average molecular weight is 175 g/mol. The summed E-state index contributed by atoms with van der Waals surface area (Å²) in [6.07, 6.45) is 0.372. The van der Waals surface area contributed by atoms with Crippen LogP contribution in [0.4, 0.5) is 0 Å². The molecule has 1 unspecified atom stereocenters. The summed E-state index contributed by atoms with van der Waals surface area (Å²) >= 11 is 0. The molecule has 0 aliphatic rings. The molecule has 0 fully saturated rings. The van der Waals surface area contributed by atoms with Gasteiger partial charge in [-0.25, -0.2) is 8.42 Å². The third kappa shape index (κ3) is 2.19. The van der Waals surface area contributed by atoms with Gasteiger partial charge in [-0.05, 0) is 20.3 Å². The maximum absolute atomic E-state index is 11.3. The second-order valence-electron chi connectivity index (χ2n) is 2.66. The van der Waals surface area contributed by atoms with Gasteiger partial charge in [0.05, 0.1) is 11.3 Å². The minimum Gasteiger partial charge on any atom is -0.227 e. The number of sulfone groups is 1. The molecule has 11 heavy (non-hydrogen) atoms. The summed E-state index contributed by atoms with van der Waals surface area (Å²) in [4.78, 5) is 0. The van der Waals surface area contributed by atoms with Gasteiger partial charge >= 0.3 is 0 Å². The van der Waals surface area contributed by atoms with Gasteiger partial charge in [-0.1, -0.05) is 6.92 Å². The number of hydrogen-bond acceptors (Lipinski definition) is 3. The minimum absolute atomic E-state index is 0.372. The summed E-state index contributed by atoms with van der Waals surface area (Å²) in [7, 11) is -3.20. The summed E-state index contributed by atoms with van der Waals surface area (Å²) in [5.74, 6) is 0. The lowest BCUT2D eigenvalue weighted by molar-refractivity contribution is 0.578. The first kappa shape index (κ1) is 10.4. The molecule has 0 saturated carbocycles. The fourth-order valence-electron chi connectivity index (χ4n) is 0.726. The molecular weight excluding hydrogens is 162 g/mol. The van der Waals surface area contributed by atoms with Gasteiger partial charge < -0.3 is 0 Å². The van der Waals surface area contributed by atoms with E-state index in [0.29, 0.717) is 6.42 Å². The van der Waals surface area contributed by atoms with Crippen LogP contribution in [0.2, 0.25) is 0 Å². The van der Waals surface area contributed by atoms with Crippen molar-refractivity contribution < 1.29 is 8.42 Å². The fraction of sp³-hybridized carbons (Fsp3) is 0.857. The smallest absolute Gasteiger partial charge is 0.168 e. The van der Waals surface area contributed by atoms with E-state index in [4.69, 9.17) is 5.26 Å². The van der Waals surface area contributed by atoms with Gasteiger partial charge in [-0.15, -0.1) is 0 Å². The Bertz CT molecular complexity index is 248. The van der Waals surface area contributed by atoms with Crippen molar-refractivity contribution in [3.05, 3.63) is 0 Å². The third-order valence-electron chi connectivity index (χ3n) is 1.57. The fourth-order valence-corrected chi connectivity index (χ4v) is 1.99. The molecule has 0 rings (SSSR count). The standard InChI is InChI=1S/C7H13NO2S/c1-4-7(5-8)11(9,10)6(2)3/h6-7H,4H2,1-3H3. The van der Waals surface area contributed by atoms with Crippen LogP contribution in [-0.2, 0) is 9.84 Å². The maximum atomic E-state index is 11.3. The summed E-state index contributed by atoms with van der Waals surface area (Å²) in [5, 5.41) is 7.20. The van der Waals surface area contributed by atoms with E-state index >= 15 is 0 Å². The van der Waals surface area contributed by atoms with Gasteiger partial charge in [0.25, 0.3) is 0 Å². The molecule has 0 aromatic heterocycles. The first-order chi connectivity index (χ1) is 4.96. The zero-order chi connectivity index (χ0) is 9.07. The number of nitriles is 1. The van der Waals surface area contributed by atoms with Crippen molar-refractivity contribution in [3.63, 3.8) is 0 Å². The Labute approximate surface area is 67.9 Å². The molecule has 0 amide bonds. The summed E-state index contributed by atoms with van der Waals surface area (Å²) in [6.45, 7) is 4.89. The topological polar surface area (TPSA) is 57.9 Å². The van der Waals surface area contributed by atoms with Crippen LogP contribution < -0.4 is 0 Å². The first-order valence-corrected chi connectivity index (χ1v) is 5.20. The summed E-state index contributed by atoms with van der Waals surface area (Å²) < 4.78 is 22.5. The molecule has 0 radical (unpaired) electrons. The Balaban J connectivity index is 4.71. The van der Waals surface area contributed by atoms with Crippen LogP contribution >= 0.6 is 0 Å². The quantitative estimate of drug-likeness (QED) is 0.645. The molecule has 0 bridgehead atoms. The summed E-state index contributed by atoms with van der Waals surface area (Å²) in [6, 6.07) is 1.79. The van der Waals surface area contributed by atoms with Crippen LogP contribution in [0.3, 0.4) is 0 Å². The lowest BCUT2D eigenvalue weighted by atomic mass is 10.4. The van der Waals surface area contributed by atoms with E-state index in [1.165, 1.54) is 0 Å². The first-order valence-electron chi connectivity index (χ1n) is 3.59. The van der Waals surface area contributed by atoms with Gasteiger partial charge in [0.1, 0.15) is 5.25 Å². The van der Waals surface area contributed by atoms with E-state index < -0.39 is 20.3 Å². The van der Waals surface area contributed by atoms with Crippen LogP contribution in [0.25, 0.3) is 0 Å². The molecule has 0 saturated heterocycles.